The molecule has 4 rings (SSSR count). The van der Waals surface area contributed by atoms with E-state index in [0.29, 0.717) is 12.8 Å². The Morgan fingerprint density at radius 1 is 0.306 bits per heavy atom. The second kappa shape index (κ2) is 46.7. The molecular weight excluding hydrogens is 1310 g/mol. The highest BCUT2D eigenvalue weighted by atomic mass is 16.7. The van der Waals surface area contributed by atoms with Gasteiger partial charge in [-0.3, -0.25) is 0 Å². The monoisotopic (exact) mass is 1420 g/mol. The number of ether oxygens (including phenoxy) is 10. The lowest BCUT2D eigenvalue weighted by atomic mass is 9.98. The van der Waals surface area contributed by atoms with Gasteiger partial charge in [0.1, 0.15) is 122 Å². The number of carbonyl (C=O) groups excluding carboxylic acids is 4. The van der Waals surface area contributed by atoms with Crippen molar-refractivity contribution in [2.75, 3.05) is 92.2 Å². The van der Waals surface area contributed by atoms with Crippen LogP contribution in [0.4, 0.5) is 19.2 Å². The smallest absolute Gasteiger partial charge is 0.407 e. The summed E-state index contributed by atoms with van der Waals surface area (Å²) in [6.07, 6.45) is -19.5. The molecule has 98 heavy (non-hydrogen) atoms. The summed E-state index contributed by atoms with van der Waals surface area (Å²) in [6.45, 7) is -4.07. The van der Waals surface area contributed by atoms with Crippen LogP contribution >= 0.6 is 0 Å². The summed E-state index contributed by atoms with van der Waals surface area (Å²) in [4.78, 5) is 54.7. The van der Waals surface area contributed by atoms with Crippen molar-refractivity contribution in [1.82, 2.24) is 31.9 Å². The van der Waals surface area contributed by atoms with Gasteiger partial charge in [-0.1, -0.05) is 117 Å². The summed E-state index contributed by atoms with van der Waals surface area (Å²) in [5.41, 5.74) is -4.22. The minimum atomic E-state index is -2.11. The number of nitrogens with one attached hydrogen (secondary N) is 6. The second-order valence-corrected chi connectivity index (χ2v) is 25.7. The SMILES string of the molecule is CCCCCCCCCCCNC(=O)OCC(CO[C@@H]1O[C@H](CO)[C@H](O)[C@H](O)[C@H]1O)(CO[C@@H]1O[C@H](CO)[C@H](O)[C@H](O)[C@H]1O)NC(=O)NCCCCNC(=O)NC(COC(=O)NCCCCCCCCCCC)(CO[C@@H]1O[C@H](CO)[C@H](O)[C@H](O)[C@H]1O)CO[C@@H]1O[C@H](CO)[C@H](O)[C@H](O)[C@H]1O. The first-order chi connectivity index (χ1) is 46.9. The summed E-state index contributed by atoms with van der Waals surface area (Å²) >= 11 is 0. The van der Waals surface area contributed by atoms with E-state index >= 15 is 0 Å². The van der Waals surface area contributed by atoms with Gasteiger partial charge in [-0.05, 0) is 25.7 Å². The quantitative estimate of drug-likeness (QED) is 0.0256. The molecule has 0 aromatic carbocycles. The lowest BCUT2D eigenvalue weighted by Crippen LogP contribution is -2.65. The van der Waals surface area contributed by atoms with Crippen LogP contribution in [0.5, 0.6) is 0 Å². The molecule has 0 unspecified atom stereocenters. The number of alkyl carbamates (subject to hydrolysis) is 2. The van der Waals surface area contributed by atoms with Crippen molar-refractivity contribution in [3.05, 3.63) is 0 Å². The van der Waals surface area contributed by atoms with Crippen LogP contribution in [0.1, 0.15) is 142 Å². The average molecular weight is 1430 g/mol. The van der Waals surface area contributed by atoms with Gasteiger partial charge in [-0.15, -0.1) is 0 Å². The van der Waals surface area contributed by atoms with Gasteiger partial charge in [0, 0.05) is 26.2 Å². The van der Waals surface area contributed by atoms with Gasteiger partial charge in [-0.25, -0.2) is 19.2 Å². The van der Waals surface area contributed by atoms with E-state index in [1.807, 2.05) is 0 Å². The maximum absolute atomic E-state index is 14.0. The van der Waals surface area contributed by atoms with Gasteiger partial charge in [0.25, 0.3) is 0 Å². The number of hydrogen-bond acceptors (Lipinski definition) is 30. The number of carbonyl (C=O) groups is 4. The maximum atomic E-state index is 14.0. The van der Waals surface area contributed by atoms with E-state index in [9.17, 15) is 101 Å². The Bertz CT molecular complexity index is 1960. The zero-order valence-electron chi connectivity index (χ0n) is 56.5. The van der Waals surface area contributed by atoms with Crippen molar-refractivity contribution in [3.8, 4) is 0 Å². The van der Waals surface area contributed by atoms with Gasteiger partial charge < -0.3 is 161 Å². The lowest BCUT2D eigenvalue weighted by molar-refractivity contribution is -0.314. The zero-order chi connectivity index (χ0) is 72.2. The Morgan fingerprint density at radius 3 is 0.776 bits per heavy atom. The molecule has 0 aromatic heterocycles. The molecule has 0 saturated carbocycles. The molecule has 36 heteroatoms. The van der Waals surface area contributed by atoms with Crippen LogP contribution in [0.3, 0.4) is 0 Å². The second-order valence-electron chi connectivity index (χ2n) is 25.7. The van der Waals surface area contributed by atoms with Crippen molar-refractivity contribution in [3.63, 3.8) is 0 Å². The predicted molar refractivity (Wildman–Crippen MR) is 340 cm³/mol. The number of hydrogen-bond donors (Lipinski definition) is 22. The molecule has 4 aliphatic heterocycles. The number of aliphatic hydroxyl groups excluding tert-OH is 16. The van der Waals surface area contributed by atoms with Crippen LogP contribution in [0.2, 0.25) is 0 Å². The molecule has 4 aliphatic rings. The number of urea groups is 2. The fourth-order valence-electron chi connectivity index (χ4n) is 11.2. The van der Waals surface area contributed by atoms with E-state index < -0.39 is 224 Å². The highest BCUT2D eigenvalue weighted by molar-refractivity contribution is 5.75. The summed E-state index contributed by atoms with van der Waals surface area (Å²) in [7, 11) is 0. The van der Waals surface area contributed by atoms with Gasteiger partial charge in [0.2, 0.25) is 0 Å². The number of unbranched alkanes of at least 4 members (excludes halogenated alkanes) is 17. The standard InChI is InChI=1S/C62H116N6O30/c1-3-5-7-9-11-13-15-17-19-25-65-59(87)93-35-61(31-89-53-49(81)45(77)41(73)37(27-69)95-53,32-90-54-50(82)46(78)42(74)38(28-70)96-54)67-57(85)63-23-21-22-24-64-58(86)68-62(33-91-55-51(83)47(79)43(75)39(29-71)97-55,34-92-56-52(84)48(80)44(76)40(30-72)98-56)36-94-60(88)66-26-20-18-16-14-12-10-8-6-4-2/h37-56,69-84H,3-36H2,1-2H3,(H,65,87)(H,66,88)(H2,63,67,85)(H2,64,68,86)/t37-,38-,39-,40-,41+,42+,43+,44+,45+,46+,47+,48+,49-,50-,51-,52-,53-,54-,55-,56-/m1/s1. The van der Waals surface area contributed by atoms with Crippen molar-refractivity contribution in [2.45, 2.75) is 276 Å². The average Bonchev–Trinajstić information content (AvgIpc) is 0.826. The summed E-state index contributed by atoms with van der Waals surface area (Å²) in [5, 5.41) is 183. The largest absolute Gasteiger partial charge is 0.447 e. The summed E-state index contributed by atoms with van der Waals surface area (Å²) in [5.74, 6) is 0. The van der Waals surface area contributed by atoms with Crippen LogP contribution in [0, 0.1) is 0 Å². The lowest BCUT2D eigenvalue weighted by Gasteiger charge is -2.43. The molecular formula is C62H116N6O30. The van der Waals surface area contributed by atoms with Crippen LogP contribution in [0.15, 0.2) is 0 Å². The van der Waals surface area contributed by atoms with E-state index in [4.69, 9.17) is 47.4 Å². The molecule has 0 spiro atoms. The molecule has 0 aliphatic carbocycles. The van der Waals surface area contributed by atoms with Crippen molar-refractivity contribution in [1.29, 1.82) is 0 Å². The Morgan fingerprint density at radius 2 is 0.531 bits per heavy atom. The number of rotatable bonds is 47. The molecule has 6 amide bonds. The van der Waals surface area contributed by atoms with Crippen LogP contribution in [0.25, 0.3) is 0 Å². The van der Waals surface area contributed by atoms with Crippen LogP contribution in [-0.2, 0) is 47.4 Å². The predicted octanol–water partition coefficient (Wildman–Crippen LogP) is -4.38. The molecule has 0 bridgehead atoms. The van der Waals surface area contributed by atoms with E-state index in [1.54, 1.807) is 0 Å². The first-order valence-corrected chi connectivity index (χ1v) is 34.6. The summed E-state index contributed by atoms with van der Waals surface area (Å²) < 4.78 is 56.8. The summed E-state index contributed by atoms with van der Waals surface area (Å²) in [6, 6.07) is -2.02. The number of aliphatic hydroxyl groups is 16. The molecule has 4 heterocycles. The molecule has 20 atom stereocenters. The molecule has 0 aromatic rings. The Hall–Kier alpha value is -3.88. The first-order valence-electron chi connectivity index (χ1n) is 34.6. The Kier molecular flexibility index (Phi) is 41.2. The van der Waals surface area contributed by atoms with Gasteiger partial charge in [-0.2, -0.15) is 0 Å². The molecule has 22 N–H and O–H groups in total. The fourth-order valence-corrected chi connectivity index (χ4v) is 11.2. The zero-order valence-corrected chi connectivity index (χ0v) is 56.5. The van der Waals surface area contributed by atoms with E-state index in [2.05, 4.69) is 45.7 Å². The minimum Gasteiger partial charge on any atom is -0.447 e. The number of amides is 6. The van der Waals surface area contributed by atoms with Crippen LogP contribution in [-0.4, -0.2) is 332 Å². The molecule has 574 valence electrons. The van der Waals surface area contributed by atoms with Crippen molar-refractivity contribution < 1.29 is 148 Å². The van der Waals surface area contributed by atoms with E-state index in [1.165, 1.54) is 12.8 Å². The maximum Gasteiger partial charge on any atom is 0.407 e. The fraction of sp³-hybridized carbons (Fsp3) is 0.935. The Labute approximate surface area is 571 Å². The van der Waals surface area contributed by atoms with Crippen molar-refractivity contribution >= 4 is 24.2 Å². The van der Waals surface area contributed by atoms with E-state index in [-0.39, 0.29) is 39.0 Å². The van der Waals surface area contributed by atoms with Crippen LogP contribution < -0.4 is 31.9 Å². The van der Waals surface area contributed by atoms with Crippen molar-refractivity contribution in [2.24, 2.45) is 0 Å². The third-order valence-corrected chi connectivity index (χ3v) is 17.5. The molecule has 0 radical (unpaired) electrons. The minimum absolute atomic E-state index is 0.0923. The topological polar surface area (TPSA) is 556 Å². The molecule has 4 saturated heterocycles. The highest BCUT2D eigenvalue weighted by Gasteiger charge is 2.51. The normalized spacial score (nSPS) is 30.7. The first kappa shape index (κ1) is 86.5. The molecule has 4 fully saturated rings. The Balaban J connectivity index is 1.53. The van der Waals surface area contributed by atoms with E-state index in [0.717, 1.165) is 89.9 Å². The third-order valence-electron chi connectivity index (χ3n) is 17.5. The van der Waals surface area contributed by atoms with Gasteiger partial charge in [0.05, 0.1) is 52.9 Å². The molecule has 36 nitrogen and oxygen atoms in total. The highest BCUT2D eigenvalue weighted by Crippen LogP contribution is 2.29. The van der Waals surface area contributed by atoms with Gasteiger partial charge >= 0.3 is 24.2 Å². The van der Waals surface area contributed by atoms with Gasteiger partial charge in [0.15, 0.2) is 25.2 Å². The third kappa shape index (κ3) is 28.7.